The second-order valence-electron chi connectivity index (χ2n) is 6.24. The van der Waals surface area contributed by atoms with Gasteiger partial charge in [-0.3, -0.25) is 19.8 Å². The van der Waals surface area contributed by atoms with E-state index in [4.69, 9.17) is 9.47 Å². The van der Waals surface area contributed by atoms with Gasteiger partial charge in [-0.1, -0.05) is 0 Å². The lowest BCUT2D eigenvalue weighted by molar-refractivity contribution is -0.384. The summed E-state index contributed by atoms with van der Waals surface area (Å²) in [4.78, 5) is 27.2. The molecule has 3 rings (SSSR count). The van der Waals surface area contributed by atoms with E-state index in [9.17, 15) is 14.9 Å². The molecule has 0 aliphatic carbocycles. The van der Waals surface area contributed by atoms with Crippen LogP contribution in [0.3, 0.4) is 0 Å². The van der Waals surface area contributed by atoms with Crippen LogP contribution in [-0.4, -0.2) is 73.2 Å². The highest BCUT2D eigenvalue weighted by Gasteiger charge is 2.24. The van der Waals surface area contributed by atoms with Crippen LogP contribution in [0.4, 0.5) is 5.69 Å². The van der Waals surface area contributed by atoms with Gasteiger partial charge in [0.2, 0.25) is 0 Å². The van der Waals surface area contributed by atoms with Gasteiger partial charge in [-0.2, -0.15) is 0 Å². The molecule has 0 radical (unpaired) electrons. The van der Waals surface area contributed by atoms with E-state index in [1.54, 1.807) is 4.90 Å². The molecule has 8 nitrogen and oxygen atoms in total. The van der Waals surface area contributed by atoms with Gasteiger partial charge < -0.3 is 14.4 Å². The van der Waals surface area contributed by atoms with Crippen LogP contribution in [0.25, 0.3) is 0 Å². The zero-order chi connectivity index (χ0) is 17.6. The van der Waals surface area contributed by atoms with Gasteiger partial charge in [-0.25, -0.2) is 0 Å². The van der Waals surface area contributed by atoms with E-state index in [1.807, 2.05) is 0 Å². The van der Waals surface area contributed by atoms with E-state index in [0.717, 1.165) is 39.0 Å². The van der Waals surface area contributed by atoms with Crippen LogP contribution in [0, 0.1) is 10.1 Å². The molecule has 136 valence electrons. The zero-order valence-corrected chi connectivity index (χ0v) is 14.2. The fourth-order valence-electron chi connectivity index (χ4n) is 3.12. The maximum absolute atomic E-state index is 12.7. The van der Waals surface area contributed by atoms with Gasteiger partial charge >= 0.3 is 0 Å². The zero-order valence-electron chi connectivity index (χ0n) is 14.2. The van der Waals surface area contributed by atoms with E-state index in [0.29, 0.717) is 37.7 Å². The first-order chi connectivity index (χ1) is 12.1. The molecule has 2 aliphatic heterocycles. The van der Waals surface area contributed by atoms with Crippen LogP contribution < -0.4 is 4.74 Å². The van der Waals surface area contributed by atoms with E-state index in [1.165, 1.54) is 18.2 Å². The molecule has 0 atom stereocenters. The third-order valence-corrected chi connectivity index (χ3v) is 4.57. The number of non-ortho nitro benzene ring substituents is 1. The van der Waals surface area contributed by atoms with Crippen LogP contribution in [0.1, 0.15) is 23.2 Å². The van der Waals surface area contributed by atoms with Crippen molar-refractivity contribution in [3.8, 4) is 5.75 Å². The van der Waals surface area contributed by atoms with Crippen LogP contribution in [-0.2, 0) is 4.74 Å². The minimum Gasteiger partial charge on any atom is -0.491 e. The average molecular weight is 349 g/mol. The Balaban J connectivity index is 1.70. The van der Waals surface area contributed by atoms with Crippen LogP contribution >= 0.6 is 0 Å². The standard InChI is InChI=1S/C17H23N3O5/c21-17(19-5-1-2-6-19)15-4-3-14(20(22)23)13-16(15)25-12-9-18-7-10-24-11-8-18/h3-4,13H,1-2,5-12H2. The minimum atomic E-state index is -0.473. The number of hydrogen-bond donors (Lipinski definition) is 0. The number of morpholine rings is 1. The van der Waals surface area contributed by atoms with Crippen molar-refractivity contribution in [3.05, 3.63) is 33.9 Å². The second kappa shape index (κ2) is 8.26. The van der Waals surface area contributed by atoms with Crippen molar-refractivity contribution in [2.75, 3.05) is 52.5 Å². The van der Waals surface area contributed by atoms with E-state index in [2.05, 4.69) is 4.90 Å². The monoisotopic (exact) mass is 349 g/mol. The largest absolute Gasteiger partial charge is 0.491 e. The summed E-state index contributed by atoms with van der Waals surface area (Å²) >= 11 is 0. The molecule has 2 heterocycles. The predicted molar refractivity (Wildman–Crippen MR) is 91.0 cm³/mol. The molecule has 1 aromatic rings. The molecular formula is C17H23N3O5. The number of amides is 1. The maximum atomic E-state index is 12.7. The van der Waals surface area contributed by atoms with Gasteiger partial charge in [0, 0.05) is 38.8 Å². The number of ether oxygens (including phenoxy) is 2. The van der Waals surface area contributed by atoms with E-state index in [-0.39, 0.29) is 11.6 Å². The highest BCUT2D eigenvalue weighted by atomic mass is 16.6. The predicted octanol–water partition coefficient (Wildman–Crippen LogP) is 1.54. The fourth-order valence-corrected chi connectivity index (χ4v) is 3.12. The molecule has 2 saturated heterocycles. The van der Waals surface area contributed by atoms with Crippen molar-refractivity contribution in [1.82, 2.24) is 9.80 Å². The third kappa shape index (κ3) is 4.46. The number of likely N-dealkylation sites (tertiary alicyclic amines) is 1. The first-order valence-corrected chi connectivity index (χ1v) is 8.66. The molecule has 2 aliphatic rings. The Labute approximate surface area is 146 Å². The number of hydrogen-bond acceptors (Lipinski definition) is 6. The molecular weight excluding hydrogens is 326 g/mol. The van der Waals surface area contributed by atoms with Crippen molar-refractivity contribution in [2.45, 2.75) is 12.8 Å². The topological polar surface area (TPSA) is 85.1 Å². The molecule has 0 bridgehead atoms. The lowest BCUT2D eigenvalue weighted by atomic mass is 10.1. The normalized spacial score (nSPS) is 18.3. The van der Waals surface area contributed by atoms with Gasteiger partial charge in [-0.15, -0.1) is 0 Å². The second-order valence-corrected chi connectivity index (χ2v) is 6.24. The summed E-state index contributed by atoms with van der Waals surface area (Å²) in [7, 11) is 0. The van der Waals surface area contributed by atoms with Crippen molar-refractivity contribution in [1.29, 1.82) is 0 Å². The molecule has 8 heteroatoms. The first-order valence-electron chi connectivity index (χ1n) is 8.66. The number of carbonyl (C=O) groups is 1. The van der Waals surface area contributed by atoms with Crippen molar-refractivity contribution in [3.63, 3.8) is 0 Å². The first kappa shape index (κ1) is 17.6. The summed E-state index contributed by atoms with van der Waals surface area (Å²) in [6.07, 6.45) is 1.98. The van der Waals surface area contributed by atoms with Gasteiger partial charge in [0.25, 0.3) is 11.6 Å². The highest BCUT2D eigenvalue weighted by Crippen LogP contribution is 2.27. The Morgan fingerprint density at radius 1 is 1.20 bits per heavy atom. The fraction of sp³-hybridized carbons (Fsp3) is 0.588. The Morgan fingerprint density at radius 3 is 2.60 bits per heavy atom. The minimum absolute atomic E-state index is 0.0701. The molecule has 0 saturated carbocycles. The molecule has 0 aromatic heterocycles. The van der Waals surface area contributed by atoms with Crippen LogP contribution in [0.2, 0.25) is 0 Å². The Kier molecular flexibility index (Phi) is 5.83. The highest BCUT2D eigenvalue weighted by molar-refractivity contribution is 5.97. The van der Waals surface area contributed by atoms with Crippen molar-refractivity contribution >= 4 is 11.6 Å². The quantitative estimate of drug-likeness (QED) is 0.572. The summed E-state index contributed by atoms with van der Waals surface area (Å²) in [5.74, 6) is 0.174. The van der Waals surface area contributed by atoms with Crippen molar-refractivity contribution in [2.24, 2.45) is 0 Å². The summed E-state index contributed by atoms with van der Waals surface area (Å²) in [5.41, 5.74) is 0.328. The Bertz CT molecular complexity index is 625. The molecule has 0 N–H and O–H groups in total. The third-order valence-electron chi connectivity index (χ3n) is 4.57. The number of benzene rings is 1. The Morgan fingerprint density at radius 2 is 1.92 bits per heavy atom. The summed E-state index contributed by atoms with van der Waals surface area (Å²) in [6.45, 7) is 5.62. The van der Waals surface area contributed by atoms with Gasteiger partial charge in [-0.05, 0) is 18.9 Å². The molecule has 1 aromatic carbocycles. The molecule has 2 fully saturated rings. The van der Waals surface area contributed by atoms with Crippen molar-refractivity contribution < 1.29 is 19.2 Å². The SMILES string of the molecule is O=C(c1ccc([N+](=O)[O-])cc1OCCN1CCOCC1)N1CCCC1. The molecule has 0 unspecified atom stereocenters. The summed E-state index contributed by atoms with van der Waals surface area (Å²) in [6, 6.07) is 4.21. The molecule has 1 amide bonds. The summed E-state index contributed by atoms with van der Waals surface area (Å²) in [5, 5.41) is 11.0. The summed E-state index contributed by atoms with van der Waals surface area (Å²) < 4.78 is 11.1. The average Bonchev–Trinajstić information content (AvgIpc) is 3.16. The lowest BCUT2D eigenvalue weighted by Gasteiger charge is -2.26. The van der Waals surface area contributed by atoms with Gasteiger partial charge in [0.05, 0.1) is 29.8 Å². The number of carbonyl (C=O) groups excluding carboxylic acids is 1. The number of nitro groups is 1. The van der Waals surface area contributed by atoms with E-state index >= 15 is 0 Å². The number of nitrogens with zero attached hydrogens (tertiary/aromatic N) is 3. The number of rotatable bonds is 6. The number of nitro benzene ring substituents is 1. The van der Waals surface area contributed by atoms with Crippen LogP contribution in [0.5, 0.6) is 5.75 Å². The maximum Gasteiger partial charge on any atom is 0.273 e. The Hall–Kier alpha value is -2.19. The molecule has 25 heavy (non-hydrogen) atoms. The smallest absolute Gasteiger partial charge is 0.273 e. The van der Waals surface area contributed by atoms with Gasteiger partial charge in [0.1, 0.15) is 12.4 Å². The van der Waals surface area contributed by atoms with Gasteiger partial charge in [0.15, 0.2) is 0 Å². The molecule has 0 spiro atoms. The van der Waals surface area contributed by atoms with E-state index < -0.39 is 4.92 Å². The van der Waals surface area contributed by atoms with Crippen LogP contribution in [0.15, 0.2) is 18.2 Å². The lowest BCUT2D eigenvalue weighted by Crippen LogP contribution is -2.38.